The minimum atomic E-state index is 1.02. The molecule has 0 heterocycles. The summed E-state index contributed by atoms with van der Waals surface area (Å²) in [6.45, 7) is 7.48. The van der Waals surface area contributed by atoms with Gasteiger partial charge in [0.15, 0.2) is 0 Å². The highest BCUT2D eigenvalue weighted by atomic mass is 13.8. The average Bonchev–Trinajstić information content (AvgIpc) is 2.16. The summed E-state index contributed by atoms with van der Waals surface area (Å²) in [5, 5.41) is 0. The molecule has 0 aromatic rings. The van der Waals surface area contributed by atoms with E-state index < -0.39 is 0 Å². The standard InChI is InChI=1S/C13H21/c1-3-5-7-9-11-13-12-10-8-6-4-2/h1,3,10-13H,4-9H2,2H3. The first-order valence-electron chi connectivity index (χ1n) is 5.27. The Labute approximate surface area is 83.0 Å². The molecule has 0 aromatic heterocycles. The van der Waals surface area contributed by atoms with Crippen molar-refractivity contribution in [1.29, 1.82) is 0 Å². The Kier molecular flexibility index (Phi) is 10.5. The van der Waals surface area contributed by atoms with Crippen molar-refractivity contribution in [2.45, 2.75) is 45.4 Å². The van der Waals surface area contributed by atoms with E-state index in [9.17, 15) is 0 Å². The largest absolute Gasteiger partial charge is 0.0845 e. The van der Waals surface area contributed by atoms with Crippen molar-refractivity contribution in [2.24, 2.45) is 0 Å². The molecular weight excluding hydrogens is 156 g/mol. The lowest BCUT2D eigenvalue weighted by Gasteiger charge is -1.88. The fourth-order valence-electron chi connectivity index (χ4n) is 1.03. The topological polar surface area (TPSA) is 0 Å². The van der Waals surface area contributed by atoms with Gasteiger partial charge in [-0.1, -0.05) is 56.7 Å². The molecule has 0 nitrogen and oxygen atoms in total. The van der Waals surface area contributed by atoms with Crippen LogP contribution < -0.4 is 0 Å². The zero-order valence-electron chi connectivity index (χ0n) is 8.71. The second-order valence-corrected chi connectivity index (χ2v) is 3.17. The minimum Gasteiger partial charge on any atom is -0.0845 e. The van der Waals surface area contributed by atoms with Gasteiger partial charge in [-0.25, -0.2) is 0 Å². The van der Waals surface area contributed by atoms with Crippen LogP contribution in [0.25, 0.3) is 0 Å². The molecule has 0 aromatic carbocycles. The highest BCUT2D eigenvalue weighted by molar-refractivity contribution is 5.02. The van der Waals surface area contributed by atoms with Crippen molar-refractivity contribution in [1.82, 2.24) is 0 Å². The first-order valence-corrected chi connectivity index (χ1v) is 5.27. The molecule has 0 unspecified atom stereocenters. The SMILES string of the molecule is [CH]=CCCCC=CC=CCCCC. The maximum Gasteiger partial charge on any atom is -0.0345 e. The lowest BCUT2D eigenvalue weighted by molar-refractivity contribution is 0.814. The number of unbranched alkanes of at least 4 members (excludes halogenated alkanes) is 4. The Morgan fingerprint density at radius 3 is 2.08 bits per heavy atom. The van der Waals surface area contributed by atoms with Crippen molar-refractivity contribution in [2.75, 3.05) is 0 Å². The molecule has 73 valence electrons. The molecule has 0 aliphatic rings. The van der Waals surface area contributed by atoms with Gasteiger partial charge >= 0.3 is 0 Å². The molecule has 0 bridgehead atoms. The number of allylic oxidation sites excluding steroid dienone is 5. The van der Waals surface area contributed by atoms with E-state index in [1.54, 1.807) is 6.08 Å². The summed E-state index contributed by atoms with van der Waals surface area (Å²) in [6.07, 6.45) is 17.5. The van der Waals surface area contributed by atoms with E-state index in [4.69, 9.17) is 6.58 Å². The van der Waals surface area contributed by atoms with Crippen LogP contribution in [0.5, 0.6) is 0 Å². The molecule has 0 amide bonds. The second-order valence-electron chi connectivity index (χ2n) is 3.17. The van der Waals surface area contributed by atoms with Crippen LogP contribution in [-0.4, -0.2) is 0 Å². The molecule has 0 rings (SSSR count). The highest BCUT2D eigenvalue weighted by Crippen LogP contribution is 1.98. The zero-order chi connectivity index (χ0) is 9.78. The maximum absolute atomic E-state index is 5.26. The van der Waals surface area contributed by atoms with Gasteiger partial charge in [-0.2, -0.15) is 0 Å². The molecule has 0 N–H and O–H groups in total. The third-order valence-electron chi connectivity index (χ3n) is 1.85. The Balaban J connectivity index is 3.19. The summed E-state index contributed by atoms with van der Waals surface area (Å²) in [7, 11) is 0. The number of rotatable bonds is 8. The van der Waals surface area contributed by atoms with Crippen molar-refractivity contribution in [3.63, 3.8) is 0 Å². The summed E-state index contributed by atoms with van der Waals surface area (Å²) in [5.74, 6) is 0. The third kappa shape index (κ3) is 11.2. The van der Waals surface area contributed by atoms with Crippen LogP contribution in [0, 0.1) is 6.58 Å². The van der Waals surface area contributed by atoms with Crippen LogP contribution >= 0.6 is 0 Å². The Hall–Kier alpha value is -0.780. The van der Waals surface area contributed by atoms with E-state index >= 15 is 0 Å². The van der Waals surface area contributed by atoms with Gasteiger partial charge in [0.25, 0.3) is 0 Å². The smallest absolute Gasteiger partial charge is 0.0345 e. The number of hydrogen-bond acceptors (Lipinski definition) is 0. The van der Waals surface area contributed by atoms with Crippen LogP contribution in [0.2, 0.25) is 0 Å². The van der Waals surface area contributed by atoms with Gasteiger partial charge in [0.05, 0.1) is 0 Å². The zero-order valence-corrected chi connectivity index (χ0v) is 8.71. The van der Waals surface area contributed by atoms with Gasteiger partial charge in [-0.15, -0.1) is 0 Å². The molecule has 0 heteroatoms. The Morgan fingerprint density at radius 2 is 1.54 bits per heavy atom. The first-order chi connectivity index (χ1) is 6.41. The fourth-order valence-corrected chi connectivity index (χ4v) is 1.03. The van der Waals surface area contributed by atoms with Gasteiger partial charge in [0.1, 0.15) is 0 Å². The molecule has 0 fully saturated rings. The molecule has 0 saturated heterocycles. The molecule has 1 radical (unpaired) electrons. The summed E-state index contributed by atoms with van der Waals surface area (Å²) in [6, 6.07) is 0. The van der Waals surface area contributed by atoms with Gasteiger partial charge in [0.2, 0.25) is 0 Å². The second kappa shape index (κ2) is 11.2. The fraction of sp³-hybridized carbons (Fsp3) is 0.538. The van der Waals surface area contributed by atoms with Crippen LogP contribution in [0.1, 0.15) is 45.4 Å². The van der Waals surface area contributed by atoms with E-state index in [0.29, 0.717) is 0 Å². The molecular formula is C13H21. The third-order valence-corrected chi connectivity index (χ3v) is 1.85. The lowest BCUT2D eigenvalue weighted by Crippen LogP contribution is -1.67. The quantitative estimate of drug-likeness (QED) is 0.379. The monoisotopic (exact) mass is 177 g/mol. The molecule has 0 saturated carbocycles. The molecule has 0 aliphatic carbocycles. The van der Waals surface area contributed by atoms with Gasteiger partial charge in [0, 0.05) is 0 Å². The normalized spacial score (nSPS) is 11.5. The van der Waals surface area contributed by atoms with Crippen molar-refractivity contribution >= 4 is 0 Å². The minimum absolute atomic E-state index is 1.02. The predicted octanol–water partition coefficient (Wildman–Crippen LogP) is 4.45. The van der Waals surface area contributed by atoms with Crippen molar-refractivity contribution in [3.05, 3.63) is 37.0 Å². The molecule has 0 aliphatic heterocycles. The summed E-state index contributed by atoms with van der Waals surface area (Å²) in [4.78, 5) is 0. The van der Waals surface area contributed by atoms with Gasteiger partial charge in [-0.05, 0) is 25.7 Å². The van der Waals surface area contributed by atoms with Gasteiger partial charge < -0.3 is 0 Å². The van der Waals surface area contributed by atoms with Crippen LogP contribution in [0.4, 0.5) is 0 Å². The van der Waals surface area contributed by atoms with Crippen LogP contribution in [0.15, 0.2) is 30.4 Å². The van der Waals surface area contributed by atoms with E-state index in [0.717, 1.165) is 19.3 Å². The Morgan fingerprint density at radius 1 is 0.923 bits per heavy atom. The van der Waals surface area contributed by atoms with Crippen LogP contribution in [0.3, 0.4) is 0 Å². The van der Waals surface area contributed by atoms with Crippen molar-refractivity contribution < 1.29 is 0 Å². The van der Waals surface area contributed by atoms with E-state index in [2.05, 4.69) is 31.2 Å². The summed E-state index contributed by atoms with van der Waals surface area (Å²) in [5.41, 5.74) is 0. The molecule has 0 spiro atoms. The maximum atomic E-state index is 5.26. The Bertz CT molecular complexity index is 151. The van der Waals surface area contributed by atoms with Crippen LogP contribution in [-0.2, 0) is 0 Å². The van der Waals surface area contributed by atoms with Gasteiger partial charge in [-0.3, -0.25) is 0 Å². The molecule has 13 heavy (non-hydrogen) atoms. The average molecular weight is 177 g/mol. The number of hydrogen-bond donors (Lipinski definition) is 0. The van der Waals surface area contributed by atoms with Crippen molar-refractivity contribution in [3.8, 4) is 0 Å². The van der Waals surface area contributed by atoms with E-state index in [-0.39, 0.29) is 0 Å². The predicted molar refractivity (Wildman–Crippen MR) is 60.5 cm³/mol. The summed E-state index contributed by atoms with van der Waals surface area (Å²) >= 11 is 0. The van der Waals surface area contributed by atoms with E-state index in [1.807, 2.05) is 0 Å². The lowest BCUT2D eigenvalue weighted by atomic mass is 10.2. The summed E-state index contributed by atoms with van der Waals surface area (Å²) < 4.78 is 0. The first kappa shape index (κ1) is 12.2. The van der Waals surface area contributed by atoms with E-state index in [1.165, 1.54) is 19.3 Å². The molecule has 0 atom stereocenters. The highest BCUT2D eigenvalue weighted by Gasteiger charge is 1.78.